The molecule has 7 aromatic carbocycles. The van der Waals surface area contributed by atoms with Crippen molar-refractivity contribution in [2.45, 2.75) is 0 Å². The number of fused-ring (bicyclic) bond motifs is 9. The largest absolute Gasteiger partial charge is 0.208 e. The number of thiophene rings is 1. The first kappa shape index (κ1) is 24.2. The zero-order chi connectivity index (χ0) is 28.3. The number of benzene rings is 7. The minimum atomic E-state index is 0.667. The van der Waals surface area contributed by atoms with Gasteiger partial charge in [0.25, 0.3) is 0 Å². The standard InChI is InChI=1S/C39H23N3S/c1-3-13-26(14-4-1)37-40-38(27-15-5-2-6-16-27)42-39(41-37)31-23-33-36(34-28-17-9-7-11-24(28)19-21-30(31)34)35-29-18-10-8-12-25(29)20-22-32(35)43-33/h1-23H. The van der Waals surface area contributed by atoms with E-state index in [0.29, 0.717) is 17.5 Å². The summed E-state index contributed by atoms with van der Waals surface area (Å²) >= 11 is 1.84. The lowest BCUT2D eigenvalue weighted by molar-refractivity contribution is 1.08. The second-order valence-electron chi connectivity index (χ2n) is 10.8. The van der Waals surface area contributed by atoms with E-state index in [-0.39, 0.29) is 0 Å². The Hall–Kier alpha value is -5.45. The van der Waals surface area contributed by atoms with Crippen LogP contribution in [0.15, 0.2) is 140 Å². The van der Waals surface area contributed by atoms with Crippen LogP contribution in [0.25, 0.3) is 86.7 Å². The van der Waals surface area contributed by atoms with Crippen molar-refractivity contribution in [1.29, 1.82) is 0 Å². The summed E-state index contributed by atoms with van der Waals surface area (Å²) in [6, 6.07) is 49.0. The predicted molar refractivity (Wildman–Crippen MR) is 182 cm³/mol. The summed E-state index contributed by atoms with van der Waals surface area (Å²) in [5.41, 5.74) is 2.95. The first-order valence-electron chi connectivity index (χ1n) is 14.4. The van der Waals surface area contributed by atoms with Crippen molar-refractivity contribution in [2.24, 2.45) is 0 Å². The molecule has 0 saturated heterocycles. The van der Waals surface area contributed by atoms with Gasteiger partial charge in [0.2, 0.25) is 0 Å². The highest BCUT2D eigenvalue weighted by Crippen LogP contribution is 2.46. The molecule has 0 aliphatic rings. The molecule has 9 aromatic rings. The molecule has 0 fully saturated rings. The molecular weight excluding hydrogens is 543 g/mol. The molecule has 9 rings (SSSR count). The van der Waals surface area contributed by atoms with Crippen molar-refractivity contribution in [3.05, 3.63) is 140 Å². The smallest absolute Gasteiger partial charge is 0.164 e. The van der Waals surface area contributed by atoms with Gasteiger partial charge in [0, 0.05) is 36.9 Å². The Labute approximate surface area is 251 Å². The molecule has 0 spiro atoms. The van der Waals surface area contributed by atoms with Crippen molar-refractivity contribution < 1.29 is 0 Å². The van der Waals surface area contributed by atoms with Gasteiger partial charge in [-0.2, -0.15) is 0 Å². The second kappa shape index (κ2) is 9.55. The summed E-state index contributed by atoms with van der Waals surface area (Å²) < 4.78 is 2.51. The molecule has 0 unspecified atom stereocenters. The van der Waals surface area contributed by atoms with Crippen molar-refractivity contribution >= 4 is 63.8 Å². The Morgan fingerprint density at radius 3 is 1.56 bits per heavy atom. The van der Waals surface area contributed by atoms with Crippen LogP contribution in [-0.2, 0) is 0 Å². The zero-order valence-corrected chi connectivity index (χ0v) is 23.8. The quantitative estimate of drug-likeness (QED) is 0.200. The van der Waals surface area contributed by atoms with E-state index in [0.717, 1.165) is 22.1 Å². The summed E-state index contributed by atoms with van der Waals surface area (Å²) in [4.78, 5) is 15.2. The molecule has 0 saturated carbocycles. The van der Waals surface area contributed by atoms with Gasteiger partial charge in [-0.25, -0.2) is 15.0 Å². The van der Waals surface area contributed by atoms with Gasteiger partial charge in [0.1, 0.15) is 0 Å². The van der Waals surface area contributed by atoms with Crippen molar-refractivity contribution in [2.75, 3.05) is 0 Å². The van der Waals surface area contributed by atoms with Crippen molar-refractivity contribution in [1.82, 2.24) is 15.0 Å². The van der Waals surface area contributed by atoms with Crippen LogP contribution in [0.4, 0.5) is 0 Å². The van der Waals surface area contributed by atoms with E-state index >= 15 is 0 Å². The van der Waals surface area contributed by atoms with Gasteiger partial charge < -0.3 is 0 Å². The normalized spacial score (nSPS) is 11.7. The van der Waals surface area contributed by atoms with Crippen LogP contribution < -0.4 is 0 Å². The molecular formula is C39H23N3S. The molecule has 0 aliphatic carbocycles. The number of hydrogen-bond donors (Lipinski definition) is 0. The Morgan fingerprint density at radius 2 is 0.907 bits per heavy atom. The molecule has 2 heterocycles. The fraction of sp³-hybridized carbons (Fsp3) is 0. The lowest BCUT2D eigenvalue weighted by atomic mass is 9.93. The third-order valence-electron chi connectivity index (χ3n) is 8.29. The fourth-order valence-corrected chi connectivity index (χ4v) is 7.50. The average molecular weight is 566 g/mol. The maximum atomic E-state index is 5.12. The highest BCUT2D eigenvalue weighted by atomic mass is 32.1. The molecule has 2 aromatic heterocycles. The highest BCUT2D eigenvalue weighted by Gasteiger charge is 2.20. The van der Waals surface area contributed by atoms with Gasteiger partial charge in [-0.3, -0.25) is 0 Å². The molecule has 0 amide bonds. The van der Waals surface area contributed by atoms with Gasteiger partial charge in [0.05, 0.1) is 0 Å². The number of rotatable bonds is 3. The monoisotopic (exact) mass is 565 g/mol. The Morgan fingerprint density at radius 1 is 0.372 bits per heavy atom. The summed E-state index contributed by atoms with van der Waals surface area (Å²) in [5.74, 6) is 2.01. The predicted octanol–water partition coefficient (Wildman–Crippen LogP) is 10.7. The lowest BCUT2D eigenvalue weighted by Crippen LogP contribution is -2.00. The summed E-state index contributed by atoms with van der Waals surface area (Å²) in [5, 5.41) is 10.00. The molecule has 0 bridgehead atoms. The van der Waals surface area contributed by atoms with Crippen LogP contribution in [-0.4, -0.2) is 15.0 Å². The minimum Gasteiger partial charge on any atom is -0.208 e. The first-order valence-corrected chi connectivity index (χ1v) is 15.2. The summed E-state index contributed by atoms with van der Waals surface area (Å²) in [6.07, 6.45) is 0. The molecule has 3 nitrogen and oxygen atoms in total. The molecule has 43 heavy (non-hydrogen) atoms. The molecule has 0 radical (unpaired) electrons. The summed E-state index contributed by atoms with van der Waals surface area (Å²) in [7, 11) is 0. The number of aromatic nitrogens is 3. The van der Waals surface area contributed by atoms with E-state index in [9.17, 15) is 0 Å². The molecule has 200 valence electrons. The molecule has 0 atom stereocenters. The van der Waals surface area contributed by atoms with Crippen LogP contribution in [0, 0.1) is 0 Å². The van der Waals surface area contributed by atoms with Gasteiger partial charge in [-0.05, 0) is 44.5 Å². The van der Waals surface area contributed by atoms with Crippen LogP contribution in [0.1, 0.15) is 0 Å². The Balaban J connectivity index is 1.44. The number of hydrogen-bond acceptors (Lipinski definition) is 4. The van der Waals surface area contributed by atoms with Crippen LogP contribution >= 0.6 is 11.3 Å². The lowest BCUT2D eigenvalue weighted by Gasteiger charge is -2.13. The van der Waals surface area contributed by atoms with Crippen molar-refractivity contribution in [3.63, 3.8) is 0 Å². The molecule has 0 N–H and O–H groups in total. The maximum Gasteiger partial charge on any atom is 0.164 e. The van der Waals surface area contributed by atoms with E-state index in [2.05, 4.69) is 103 Å². The third kappa shape index (κ3) is 3.84. The Kier molecular flexibility index (Phi) is 5.37. The van der Waals surface area contributed by atoms with Gasteiger partial charge >= 0.3 is 0 Å². The van der Waals surface area contributed by atoms with Crippen LogP contribution in [0.2, 0.25) is 0 Å². The average Bonchev–Trinajstić information content (AvgIpc) is 3.47. The van der Waals surface area contributed by atoms with E-state index < -0.39 is 0 Å². The van der Waals surface area contributed by atoms with Gasteiger partial charge in [-0.15, -0.1) is 11.3 Å². The highest BCUT2D eigenvalue weighted by molar-refractivity contribution is 7.26. The zero-order valence-electron chi connectivity index (χ0n) is 23.0. The van der Waals surface area contributed by atoms with Crippen LogP contribution in [0.3, 0.4) is 0 Å². The molecule has 4 heteroatoms. The summed E-state index contributed by atoms with van der Waals surface area (Å²) in [6.45, 7) is 0. The van der Waals surface area contributed by atoms with Gasteiger partial charge in [-0.1, -0.05) is 127 Å². The SMILES string of the molecule is c1ccc(-c2nc(-c3ccccc3)nc(-c3cc4sc5ccc6ccccc6c5c4c4c3ccc3ccccc34)n2)cc1. The topological polar surface area (TPSA) is 38.7 Å². The van der Waals surface area contributed by atoms with Gasteiger partial charge in [0.15, 0.2) is 17.5 Å². The second-order valence-corrected chi connectivity index (χ2v) is 11.9. The van der Waals surface area contributed by atoms with E-state index in [1.54, 1.807) is 0 Å². The van der Waals surface area contributed by atoms with Crippen LogP contribution in [0.5, 0.6) is 0 Å². The first-order chi connectivity index (χ1) is 21.3. The van der Waals surface area contributed by atoms with Crippen molar-refractivity contribution in [3.8, 4) is 34.2 Å². The Bertz CT molecular complexity index is 2440. The van der Waals surface area contributed by atoms with E-state index in [1.165, 1.54) is 47.1 Å². The third-order valence-corrected chi connectivity index (χ3v) is 9.39. The minimum absolute atomic E-state index is 0.667. The maximum absolute atomic E-state index is 5.12. The van der Waals surface area contributed by atoms with E-state index in [4.69, 9.17) is 15.0 Å². The fourth-order valence-electron chi connectivity index (χ4n) is 6.33. The molecule has 0 aliphatic heterocycles. The van der Waals surface area contributed by atoms with E-state index in [1.807, 2.05) is 47.7 Å². The number of nitrogens with zero attached hydrogens (tertiary/aromatic N) is 3.